The van der Waals surface area contributed by atoms with Gasteiger partial charge in [-0.2, -0.15) is 9.57 Å². The summed E-state index contributed by atoms with van der Waals surface area (Å²) in [4.78, 5) is 12.8. The second-order valence-electron chi connectivity index (χ2n) is 8.39. The van der Waals surface area contributed by atoms with Crippen LogP contribution in [0.1, 0.15) is 29.5 Å². The van der Waals surface area contributed by atoms with Crippen LogP contribution in [0, 0.1) is 17.2 Å². The maximum Gasteiger partial charge on any atom is 0.244 e. The summed E-state index contributed by atoms with van der Waals surface area (Å²) in [5.41, 5.74) is 2.07. The zero-order valence-electron chi connectivity index (χ0n) is 19.3. The van der Waals surface area contributed by atoms with Crippen molar-refractivity contribution in [2.75, 3.05) is 13.1 Å². The smallest absolute Gasteiger partial charge is 0.244 e. The van der Waals surface area contributed by atoms with Crippen LogP contribution < -0.4 is 10.1 Å². The predicted molar refractivity (Wildman–Crippen MR) is 132 cm³/mol. The largest absolute Gasteiger partial charge is 0.489 e. The molecule has 0 radical (unpaired) electrons. The van der Waals surface area contributed by atoms with Crippen molar-refractivity contribution in [1.82, 2.24) is 9.62 Å². The fraction of sp³-hybridized carbons (Fsp3) is 0.259. The predicted octanol–water partition coefficient (Wildman–Crippen LogP) is 3.85. The molecule has 1 aliphatic heterocycles. The van der Waals surface area contributed by atoms with Gasteiger partial charge in [0.1, 0.15) is 18.4 Å². The molecule has 0 saturated carbocycles. The lowest BCUT2D eigenvalue weighted by Crippen LogP contribution is -2.43. The Balaban J connectivity index is 1.32. The molecule has 0 spiro atoms. The van der Waals surface area contributed by atoms with Crippen molar-refractivity contribution in [3.8, 4) is 11.8 Å². The summed E-state index contributed by atoms with van der Waals surface area (Å²) in [5, 5.41) is 12.2. The van der Waals surface area contributed by atoms with E-state index in [4.69, 9.17) is 4.74 Å². The minimum absolute atomic E-state index is 0.0116. The molecule has 1 heterocycles. The third kappa shape index (κ3) is 5.88. The van der Waals surface area contributed by atoms with Crippen LogP contribution in [-0.4, -0.2) is 31.7 Å². The van der Waals surface area contributed by atoms with Gasteiger partial charge < -0.3 is 10.1 Å². The summed E-state index contributed by atoms with van der Waals surface area (Å²) in [6.07, 6.45) is 0.845. The molecular weight excluding hydrogens is 462 g/mol. The number of ether oxygens (including phenoxy) is 1. The molecule has 3 aromatic carbocycles. The molecule has 0 aromatic heterocycles. The number of amides is 1. The Bertz CT molecular complexity index is 1310. The van der Waals surface area contributed by atoms with Crippen molar-refractivity contribution >= 4 is 15.9 Å². The molecule has 1 fully saturated rings. The zero-order chi connectivity index (χ0) is 24.7. The van der Waals surface area contributed by atoms with E-state index in [0.29, 0.717) is 31.7 Å². The molecule has 8 heteroatoms. The monoisotopic (exact) mass is 489 g/mol. The highest BCUT2D eigenvalue weighted by Gasteiger charge is 2.33. The summed E-state index contributed by atoms with van der Waals surface area (Å²) in [6.45, 7) is 1.24. The van der Waals surface area contributed by atoms with Crippen molar-refractivity contribution in [3.05, 3.63) is 95.6 Å². The molecule has 180 valence electrons. The number of carbonyl (C=O) groups is 1. The molecule has 0 unspecified atom stereocenters. The third-order valence-corrected chi connectivity index (χ3v) is 8.07. The van der Waals surface area contributed by atoms with Crippen LogP contribution in [0.25, 0.3) is 0 Å². The van der Waals surface area contributed by atoms with Crippen LogP contribution in [0.3, 0.4) is 0 Å². The number of benzene rings is 3. The number of piperidine rings is 1. The number of para-hydroxylation sites is 1. The number of rotatable bonds is 8. The lowest BCUT2D eigenvalue weighted by molar-refractivity contribution is -0.126. The van der Waals surface area contributed by atoms with Crippen LogP contribution in [0.15, 0.2) is 83.8 Å². The summed E-state index contributed by atoms with van der Waals surface area (Å²) >= 11 is 0. The highest BCUT2D eigenvalue weighted by atomic mass is 32.2. The number of hydrogen-bond acceptors (Lipinski definition) is 5. The summed E-state index contributed by atoms with van der Waals surface area (Å²) in [5.74, 6) is 0.344. The Morgan fingerprint density at radius 1 is 0.971 bits per heavy atom. The van der Waals surface area contributed by atoms with Gasteiger partial charge >= 0.3 is 0 Å². The fourth-order valence-corrected chi connectivity index (χ4v) is 5.75. The maximum atomic E-state index is 13.0. The highest BCUT2D eigenvalue weighted by Crippen LogP contribution is 2.26. The third-order valence-electron chi connectivity index (χ3n) is 6.11. The Kier molecular flexibility index (Phi) is 7.80. The molecule has 0 bridgehead atoms. The molecule has 1 amide bonds. The van der Waals surface area contributed by atoms with Crippen molar-refractivity contribution < 1.29 is 17.9 Å². The van der Waals surface area contributed by atoms with E-state index in [1.807, 2.05) is 60.7 Å². The van der Waals surface area contributed by atoms with Gasteiger partial charge in [0.2, 0.25) is 15.9 Å². The van der Waals surface area contributed by atoms with E-state index in [0.717, 1.165) is 11.1 Å². The number of sulfonamides is 1. The minimum atomic E-state index is -3.78. The first-order valence-electron chi connectivity index (χ1n) is 11.5. The average molecular weight is 490 g/mol. The van der Waals surface area contributed by atoms with Crippen molar-refractivity contribution in [3.63, 3.8) is 0 Å². The first-order chi connectivity index (χ1) is 17.0. The van der Waals surface area contributed by atoms with Crippen molar-refractivity contribution in [2.24, 2.45) is 5.92 Å². The number of nitrogens with zero attached hydrogens (tertiary/aromatic N) is 2. The second-order valence-corrected chi connectivity index (χ2v) is 10.3. The molecule has 0 atom stereocenters. The van der Waals surface area contributed by atoms with E-state index in [9.17, 15) is 18.5 Å². The van der Waals surface area contributed by atoms with Gasteiger partial charge in [0.25, 0.3) is 0 Å². The number of hydrogen-bond donors (Lipinski definition) is 1. The Hall–Kier alpha value is -3.67. The Morgan fingerprint density at radius 3 is 2.37 bits per heavy atom. The summed E-state index contributed by atoms with van der Waals surface area (Å²) < 4.78 is 33.4. The number of nitriles is 1. The lowest BCUT2D eigenvalue weighted by atomic mass is 9.97. The average Bonchev–Trinajstić information content (AvgIpc) is 2.91. The molecule has 1 aliphatic rings. The molecule has 3 aromatic rings. The molecule has 1 N–H and O–H groups in total. The first-order valence-corrected chi connectivity index (χ1v) is 12.9. The first kappa shape index (κ1) is 24.5. The lowest BCUT2D eigenvalue weighted by Gasteiger charge is -2.30. The zero-order valence-corrected chi connectivity index (χ0v) is 20.1. The van der Waals surface area contributed by atoms with Crippen LogP contribution in [0.5, 0.6) is 5.75 Å². The van der Waals surface area contributed by atoms with Gasteiger partial charge in [0.15, 0.2) is 0 Å². The van der Waals surface area contributed by atoms with Crippen molar-refractivity contribution in [1.29, 1.82) is 5.26 Å². The summed E-state index contributed by atoms with van der Waals surface area (Å²) in [6, 6.07) is 25.6. The van der Waals surface area contributed by atoms with Gasteiger partial charge in [-0.3, -0.25) is 4.79 Å². The normalized spacial score (nSPS) is 14.7. The van der Waals surface area contributed by atoms with E-state index in [2.05, 4.69) is 5.32 Å². The van der Waals surface area contributed by atoms with Crippen LogP contribution in [0.2, 0.25) is 0 Å². The topological polar surface area (TPSA) is 99.5 Å². The Labute approximate surface area is 206 Å². The van der Waals surface area contributed by atoms with E-state index >= 15 is 0 Å². The fourth-order valence-electron chi connectivity index (χ4n) is 4.13. The maximum absolute atomic E-state index is 13.0. The van der Waals surface area contributed by atoms with Crippen LogP contribution in [-0.2, 0) is 28.0 Å². The molecule has 4 rings (SSSR count). The van der Waals surface area contributed by atoms with Crippen molar-refractivity contribution in [2.45, 2.75) is 30.9 Å². The SMILES string of the molecule is N#Cc1ccccc1S(=O)(=O)N1CCC(C(=O)NCc2ccccc2OCc2ccccc2)CC1. The minimum Gasteiger partial charge on any atom is -0.489 e. The Morgan fingerprint density at radius 2 is 1.63 bits per heavy atom. The van der Waals surface area contributed by atoms with E-state index in [1.54, 1.807) is 12.1 Å². The standard InChI is InChI=1S/C27H27N3O4S/c28-18-23-10-5-7-13-26(23)35(32,33)30-16-14-22(15-17-30)27(31)29-19-24-11-4-6-12-25(24)34-20-21-8-2-1-3-9-21/h1-13,22H,14-17,19-20H2,(H,29,31). The molecule has 0 aliphatic carbocycles. The van der Waals surface area contributed by atoms with Gasteiger partial charge in [0, 0.05) is 31.1 Å². The van der Waals surface area contributed by atoms with Crippen LogP contribution >= 0.6 is 0 Å². The highest BCUT2D eigenvalue weighted by molar-refractivity contribution is 7.89. The molecule has 35 heavy (non-hydrogen) atoms. The van der Waals surface area contributed by atoms with Crippen LogP contribution in [0.4, 0.5) is 0 Å². The van der Waals surface area contributed by atoms with E-state index < -0.39 is 10.0 Å². The van der Waals surface area contributed by atoms with Gasteiger partial charge in [-0.25, -0.2) is 8.42 Å². The van der Waals surface area contributed by atoms with Gasteiger partial charge in [-0.15, -0.1) is 0 Å². The van der Waals surface area contributed by atoms with Gasteiger partial charge in [0.05, 0.1) is 10.5 Å². The van der Waals surface area contributed by atoms with E-state index in [1.165, 1.54) is 16.4 Å². The molecule has 7 nitrogen and oxygen atoms in total. The van der Waals surface area contributed by atoms with Gasteiger partial charge in [-0.05, 0) is 36.6 Å². The quantitative estimate of drug-likeness (QED) is 0.518. The van der Waals surface area contributed by atoms with Gasteiger partial charge in [-0.1, -0.05) is 60.7 Å². The van der Waals surface area contributed by atoms with E-state index in [-0.39, 0.29) is 35.4 Å². The second kappa shape index (κ2) is 11.2. The number of carbonyl (C=O) groups excluding carboxylic acids is 1. The number of nitrogens with one attached hydrogen (secondary N) is 1. The summed E-state index contributed by atoms with van der Waals surface area (Å²) in [7, 11) is -3.78. The molecular formula is C27H27N3O4S. The molecule has 1 saturated heterocycles.